The van der Waals surface area contributed by atoms with Gasteiger partial charge in [0.2, 0.25) is 5.91 Å². The highest BCUT2D eigenvalue weighted by atomic mass is 32.2. The molecule has 0 unspecified atom stereocenters. The molecular formula is C19H18FN3O2S. The zero-order chi connectivity index (χ0) is 18.8. The monoisotopic (exact) mass is 371 g/mol. The maximum atomic E-state index is 14.1. The van der Waals surface area contributed by atoms with Crippen LogP contribution in [0.4, 0.5) is 4.39 Å². The Bertz CT molecular complexity index is 1050. The maximum Gasteiger partial charge on any atom is 0.266 e. The lowest BCUT2D eigenvalue weighted by molar-refractivity contribution is -0.125. The van der Waals surface area contributed by atoms with Crippen molar-refractivity contribution in [2.45, 2.75) is 12.1 Å². The van der Waals surface area contributed by atoms with Gasteiger partial charge in [0.1, 0.15) is 5.82 Å². The molecule has 0 radical (unpaired) electrons. The van der Waals surface area contributed by atoms with Gasteiger partial charge in [0, 0.05) is 14.1 Å². The number of aryl methyl sites for hydroxylation is 1. The molecule has 0 aliphatic carbocycles. The van der Waals surface area contributed by atoms with E-state index in [1.807, 2.05) is 0 Å². The molecular weight excluding hydrogens is 353 g/mol. The summed E-state index contributed by atoms with van der Waals surface area (Å²) < 4.78 is 15.4. The van der Waals surface area contributed by atoms with E-state index in [1.54, 1.807) is 57.4 Å². The Hall–Kier alpha value is -2.67. The van der Waals surface area contributed by atoms with Gasteiger partial charge in [0.05, 0.1) is 22.3 Å². The van der Waals surface area contributed by atoms with Crippen molar-refractivity contribution in [3.05, 3.63) is 64.2 Å². The second-order valence-electron chi connectivity index (χ2n) is 6.06. The summed E-state index contributed by atoms with van der Waals surface area (Å²) in [6.07, 6.45) is 0. The number of benzene rings is 2. The van der Waals surface area contributed by atoms with E-state index in [1.165, 1.54) is 15.5 Å². The summed E-state index contributed by atoms with van der Waals surface area (Å²) in [5.74, 6) is -0.367. The topological polar surface area (TPSA) is 55.2 Å². The molecule has 3 rings (SSSR count). The predicted molar refractivity (Wildman–Crippen MR) is 101 cm³/mol. The minimum Gasteiger partial charge on any atom is -0.348 e. The zero-order valence-electron chi connectivity index (χ0n) is 14.7. The molecule has 3 aromatic rings. The lowest BCUT2D eigenvalue weighted by Crippen LogP contribution is -2.25. The number of rotatable bonds is 4. The van der Waals surface area contributed by atoms with Crippen LogP contribution in [0.1, 0.15) is 5.56 Å². The van der Waals surface area contributed by atoms with E-state index in [2.05, 4.69) is 4.98 Å². The average Bonchev–Trinajstić information content (AvgIpc) is 2.62. The fourth-order valence-electron chi connectivity index (χ4n) is 2.41. The molecule has 0 atom stereocenters. The number of halogens is 1. The number of thioether (sulfide) groups is 1. The molecule has 0 fully saturated rings. The van der Waals surface area contributed by atoms with E-state index in [9.17, 15) is 14.0 Å². The number of amides is 1. The van der Waals surface area contributed by atoms with Crippen LogP contribution in [0.5, 0.6) is 0 Å². The van der Waals surface area contributed by atoms with Gasteiger partial charge in [0.25, 0.3) is 5.56 Å². The van der Waals surface area contributed by atoms with Gasteiger partial charge in [-0.1, -0.05) is 30.0 Å². The van der Waals surface area contributed by atoms with Gasteiger partial charge in [-0.15, -0.1) is 0 Å². The Morgan fingerprint density at radius 1 is 1.23 bits per heavy atom. The maximum absolute atomic E-state index is 14.1. The smallest absolute Gasteiger partial charge is 0.266 e. The first-order valence-electron chi connectivity index (χ1n) is 8.00. The van der Waals surface area contributed by atoms with Crippen molar-refractivity contribution in [3.63, 3.8) is 0 Å². The van der Waals surface area contributed by atoms with Crippen molar-refractivity contribution in [2.24, 2.45) is 0 Å². The number of fused-ring (bicyclic) bond motifs is 1. The van der Waals surface area contributed by atoms with Gasteiger partial charge < -0.3 is 4.90 Å². The Labute approximate surface area is 154 Å². The molecule has 1 heterocycles. The highest BCUT2D eigenvalue weighted by molar-refractivity contribution is 7.99. The number of para-hydroxylation sites is 1. The SMILES string of the molecule is Cc1ccc(-n2c(SCC(=O)N(C)C)nc3ccccc3c2=O)cc1F. The fourth-order valence-corrected chi connectivity index (χ4v) is 3.40. The van der Waals surface area contributed by atoms with E-state index in [0.717, 1.165) is 11.8 Å². The molecule has 134 valence electrons. The van der Waals surface area contributed by atoms with Crippen LogP contribution in [-0.2, 0) is 4.79 Å². The molecule has 0 saturated heterocycles. The number of nitrogens with zero attached hydrogens (tertiary/aromatic N) is 3. The number of carbonyl (C=O) groups excluding carboxylic acids is 1. The Balaban J connectivity index is 2.18. The first kappa shape index (κ1) is 18.1. The molecule has 2 aromatic carbocycles. The van der Waals surface area contributed by atoms with Crippen LogP contribution >= 0.6 is 11.8 Å². The number of hydrogen-bond acceptors (Lipinski definition) is 4. The number of hydrogen-bond donors (Lipinski definition) is 0. The molecule has 26 heavy (non-hydrogen) atoms. The van der Waals surface area contributed by atoms with Gasteiger partial charge in [-0.3, -0.25) is 14.2 Å². The second-order valence-corrected chi connectivity index (χ2v) is 7.00. The van der Waals surface area contributed by atoms with Crippen LogP contribution in [0.3, 0.4) is 0 Å². The number of aromatic nitrogens is 2. The molecule has 7 heteroatoms. The minimum atomic E-state index is -0.400. The van der Waals surface area contributed by atoms with Gasteiger partial charge >= 0.3 is 0 Å². The summed E-state index contributed by atoms with van der Waals surface area (Å²) >= 11 is 1.16. The quantitative estimate of drug-likeness (QED) is 0.523. The summed E-state index contributed by atoms with van der Waals surface area (Å²) in [6, 6.07) is 11.6. The second kappa shape index (κ2) is 7.29. The lowest BCUT2D eigenvalue weighted by atomic mass is 10.2. The summed E-state index contributed by atoms with van der Waals surface area (Å²) in [5.41, 5.74) is 1.13. The molecule has 0 aliphatic rings. The summed E-state index contributed by atoms with van der Waals surface area (Å²) in [6.45, 7) is 1.66. The van der Waals surface area contributed by atoms with Crippen LogP contribution < -0.4 is 5.56 Å². The van der Waals surface area contributed by atoms with E-state index in [0.29, 0.717) is 27.3 Å². The largest absolute Gasteiger partial charge is 0.348 e. The van der Waals surface area contributed by atoms with E-state index < -0.39 is 5.82 Å². The highest BCUT2D eigenvalue weighted by Gasteiger charge is 2.16. The van der Waals surface area contributed by atoms with Crippen molar-refractivity contribution in [1.29, 1.82) is 0 Å². The van der Waals surface area contributed by atoms with Crippen molar-refractivity contribution in [2.75, 3.05) is 19.8 Å². The van der Waals surface area contributed by atoms with Crippen LogP contribution in [0.25, 0.3) is 16.6 Å². The van der Waals surface area contributed by atoms with Gasteiger partial charge in [0.15, 0.2) is 5.16 Å². The third-order valence-corrected chi connectivity index (χ3v) is 4.91. The third kappa shape index (κ3) is 3.48. The van der Waals surface area contributed by atoms with Gasteiger partial charge in [-0.05, 0) is 36.8 Å². The first-order valence-corrected chi connectivity index (χ1v) is 8.98. The molecule has 0 saturated carbocycles. The van der Waals surface area contributed by atoms with Crippen molar-refractivity contribution in [3.8, 4) is 5.69 Å². The Morgan fingerprint density at radius 3 is 2.65 bits per heavy atom. The molecule has 0 N–H and O–H groups in total. The van der Waals surface area contributed by atoms with E-state index >= 15 is 0 Å². The molecule has 1 amide bonds. The van der Waals surface area contributed by atoms with E-state index in [4.69, 9.17) is 0 Å². The summed E-state index contributed by atoms with van der Waals surface area (Å²) in [7, 11) is 3.33. The Morgan fingerprint density at radius 2 is 1.96 bits per heavy atom. The first-order chi connectivity index (χ1) is 12.4. The Kier molecular flexibility index (Phi) is 5.08. The van der Waals surface area contributed by atoms with Crippen LogP contribution in [0.15, 0.2) is 52.4 Å². The lowest BCUT2D eigenvalue weighted by Gasteiger charge is -2.15. The summed E-state index contributed by atoms with van der Waals surface area (Å²) in [4.78, 5) is 31.0. The van der Waals surface area contributed by atoms with Gasteiger partial charge in [-0.2, -0.15) is 0 Å². The number of carbonyl (C=O) groups is 1. The summed E-state index contributed by atoms with van der Waals surface area (Å²) in [5, 5.41) is 0.795. The molecule has 0 aliphatic heterocycles. The van der Waals surface area contributed by atoms with E-state index in [-0.39, 0.29) is 17.2 Å². The van der Waals surface area contributed by atoms with Crippen molar-refractivity contribution < 1.29 is 9.18 Å². The average molecular weight is 371 g/mol. The van der Waals surface area contributed by atoms with Crippen molar-refractivity contribution in [1.82, 2.24) is 14.5 Å². The molecule has 5 nitrogen and oxygen atoms in total. The van der Waals surface area contributed by atoms with Crippen molar-refractivity contribution >= 4 is 28.6 Å². The predicted octanol–water partition coefficient (Wildman–Crippen LogP) is 3.01. The molecule has 0 bridgehead atoms. The molecule has 0 spiro atoms. The normalized spacial score (nSPS) is 10.9. The zero-order valence-corrected chi connectivity index (χ0v) is 15.5. The standard InChI is InChI=1S/C19H18FN3O2S/c1-12-8-9-13(10-15(12)20)23-18(25)14-6-4-5-7-16(14)21-19(23)26-11-17(24)22(2)3/h4-10H,11H2,1-3H3. The molecule has 1 aromatic heterocycles. The van der Waals surface area contributed by atoms with Crippen LogP contribution in [0.2, 0.25) is 0 Å². The third-order valence-electron chi connectivity index (χ3n) is 3.98. The van der Waals surface area contributed by atoms with Crippen LogP contribution in [-0.4, -0.2) is 40.2 Å². The van der Waals surface area contributed by atoms with Crippen LogP contribution in [0, 0.1) is 12.7 Å². The van der Waals surface area contributed by atoms with Gasteiger partial charge in [-0.25, -0.2) is 9.37 Å². The fraction of sp³-hybridized carbons (Fsp3) is 0.211. The minimum absolute atomic E-state index is 0.0981. The highest BCUT2D eigenvalue weighted by Crippen LogP contribution is 2.22.